The highest BCUT2D eigenvalue weighted by Gasteiger charge is 2.13. The number of halogens is 1. The second kappa shape index (κ2) is 4.27. The lowest BCUT2D eigenvalue weighted by atomic mass is 10.1. The fourth-order valence-corrected chi connectivity index (χ4v) is 2.15. The van der Waals surface area contributed by atoms with E-state index in [0.717, 1.165) is 5.01 Å². The van der Waals surface area contributed by atoms with Gasteiger partial charge in [0.25, 0.3) is 0 Å². The quantitative estimate of drug-likeness (QED) is 0.873. The molecular weight excluding hydrogens is 225 g/mol. The van der Waals surface area contributed by atoms with Crippen LogP contribution >= 0.6 is 11.3 Å². The summed E-state index contributed by atoms with van der Waals surface area (Å²) in [4.78, 5) is 0. The van der Waals surface area contributed by atoms with Gasteiger partial charge in [0, 0.05) is 5.56 Å². The minimum atomic E-state index is -0.241. The molecule has 0 amide bonds. The molecule has 0 aliphatic heterocycles. The fraction of sp³-hybridized carbons (Fsp3) is 0.273. The number of aromatic nitrogens is 2. The Balaban J connectivity index is 2.47. The Morgan fingerprint density at radius 2 is 2.12 bits per heavy atom. The van der Waals surface area contributed by atoms with E-state index in [-0.39, 0.29) is 11.9 Å². The van der Waals surface area contributed by atoms with Crippen molar-refractivity contribution in [1.29, 1.82) is 0 Å². The van der Waals surface area contributed by atoms with Crippen LogP contribution in [0, 0.1) is 12.7 Å². The molecule has 16 heavy (non-hydrogen) atoms. The van der Waals surface area contributed by atoms with Gasteiger partial charge in [-0.2, -0.15) is 0 Å². The van der Waals surface area contributed by atoms with E-state index >= 15 is 0 Å². The third-order valence-electron chi connectivity index (χ3n) is 2.25. The van der Waals surface area contributed by atoms with Crippen LogP contribution in [-0.4, -0.2) is 10.2 Å². The molecular formula is C11H12FN3S. The van der Waals surface area contributed by atoms with Gasteiger partial charge in [-0.15, -0.1) is 10.2 Å². The minimum Gasteiger partial charge on any atom is -0.322 e. The summed E-state index contributed by atoms with van der Waals surface area (Å²) in [6, 6.07) is 5.07. The van der Waals surface area contributed by atoms with E-state index in [1.807, 2.05) is 6.92 Å². The number of aryl methyl sites for hydroxylation is 1. The van der Waals surface area contributed by atoms with Crippen LogP contribution in [0.15, 0.2) is 18.2 Å². The molecule has 3 nitrogen and oxygen atoms in total. The summed E-state index contributed by atoms with van der Waals surface area (Å²) in [5.41, 5.74) is 6.78. The van der Waals surface area contributed by atoms with Crippen LogP contribution in [0.2, 0.25) is 0 Å². The Morgan fingerprint density at radius 1 is 1.38 bits per heavy atom. The van der Waals surface area contributed by atoms with Crippen LogP contribution in [0.4, 0.5) is 4.39 Å². The largest absolute Gasteiger partial charge is 0.322 e. The lowest BCUT2D eigenvalue weighted by Gasteiger charge is -2.00. The van der Waals surface area contributed by atoms with E-state index in [4.69, 9.17) is 5.73 Å². The Bertz CT molecular complexity index is 508. The molecule has 2 N–H and O–H groups in total. The van der Waals surface area contributed by atoms with Crippen LogP contribution in [0.3, 0.4) is 0 Å². The van der Waals surface area contributed by atoms with Crippen molar-refractivity contribution in [3.8, 4) is 10.6 Å². The summed E-state index contributed by atoms with van der Waals surface area (Å²) in [5, 5.41) is 9.19. The summed E-state index contributed by atoms with van der Waals surface area (Å²) in [6.07, 6.45) is 0. The van der Waals surface area contributed by atoms with Gasteiger partial charge in [0.05, 0.1) is 6.04 Å². The van der Waals surface area contributed by atoms with E-state index < -0.39 is 0 Å². The van der Waals surface area contributed by atoms with Crippen molar-refractivity contribution in [3.05, 3.63) is 34.6 Å². The number of hydrogen-bond donors (Lipinski definition) is 1. The zero-order valence-electron chi connectivity index (χ0n) is 9.07. The van der Waals surface area contributed by atoms with E-state index in [1.54, 1.807) is 25.1 Å². The highest BCUT2D eigenvalue weighted by molar-refractivity contribution is 7.14. The van der Waals surface area contributed by atoms with Crippen LogP contribution in [0.5, 0.6) is 0 Å². The highest BCUT2D eigenvalue weighted by Crippen LogP contribution is 2.28. The molecule has 1 aromatic heterocycles. The third-order valence-corrected chi connectivity index (χ3v) is 3.41. The molecule has 0 saturated carbocycles. The topological polar surface area (TPSA) is 51.8 Å². The van der Waals surface area contributed by atoms with Gasteiger partial charge in [0.2, 0.25) is 0 Å². The monoisotopic (exact) mass is 237 g/mol. The molecule has 0 aliphatic carbocycles. The smallest absolute Gasteiger partial charge is 0.150 e. The van der Waals surface area contributed by atoms with Crippen molar-refractivity contribution < 1.29 is 4.39 Å². The van der Waals surface area contributed by atoms with Crippen LogP contribution < -0.4 is 5.73 Å². The van der Waals surface area contributed by atoms with Crippen molar-refractivity contribution in [2.75, 3.05) is 0 Å². The van der Waals surface area contributed by atoms with Crippen LogP contribution in [-0.2, 0) is 0 Å². The first-order valence-corrected chi connectivity index (χ1v) is 5.75. The third kappa shape index (κ3) is 1.96. The lowest BCUT2D eigenvalue weighted by Crippen LogP contribution is -2.03. The molecule has 2 aromatic rings. The molecule has 1 unspecified atom stereocenters. The Labute approximate surface area is 97.1 Å². The molecule has 0 spiro atoms. The number of benzene rings is 1. The SMILES string of the molecule is Cc1cccc(-c2nnc(C(C)N)s2)c1F. The van der Waals surface area contributed by atoms with Crippen molar-refractivity contribution in [3.63, 3.8) is 0 Å². The average molecular weight is 237 g/mol. The van der Waals surface area contributed by atoms with Gasteiger partial charge in [0.1, 0.15) is 10.8 Å². The van der Waals surface area contributed by atoms with Crippen molar-refractivity contribution in [2.45, 2.75) is 19.9 Å². The fourth-order valence-electron chi connectivity index (χ4n) is 1.34. The van der Waals surface area contributed by atoms with Crippen molar-refractivity contribution in [2.24, 2.45) is 5.73 Å². The highest BCUT2D eigenvalue weighted by atomic mass is 32.1. The first kappa shape index (κ1) is 11.2. The predicted molar refractivity (Wildman–Crippen MR) is 62.6 cm³/mol. The normalized spacial score (nSPS) is 12.8. The van der Waals surface area contributed by atoms with Gasteiger partial charge in [-0.25, -0.2) is 4.39 Å². The summed E-state index contributed by atoms with van der Waals surface area (Å²) < 4.78 is 13.8. The zero-order valence-corrected chi connectivity index (χ0v) is 9.88. The Hall–Kier alpha value is -1.33. The van der Waals surface area contributed by atoms with Gasteiger partial charge in [-0.1, -0.05) is 23.5 Å². The van der Waals surface area contributed by atoms with Gasteiger partial charge in [0.15, 0.2) is 5.01 Å². The standard InChI is InChI=1S/C11H12FN3S/c1-6-4-3-5-8(9(6)12)11-15-14-10(16-11)7(2)13/h3-5,7H,13H2,1-2H3. The molecule has 2 rings (SSSR count). The molecule has 0 bridgehead atoms. The van der Waals surface area contributed by atoms with Crippen molar-refractivity contribution in [1.82, 2.24) is 10.2 Å². The minimum absolute atomic E-state index is 0.167. The van der Waals surface area contributed by atoms with Gasteiger partial charge in [-0.05, 0) is 25.5 Å². The maximum absolute atomic E-state index is 13.8. The maximum Gasteiger partial charge on any atom is 0.150 e. The van der Waals surface area contributed by atoms with Crippen LogP contribution in [0.1, 0.15) is 23.5 Å². The second-order valence-electron chi connectivity index (χ2n) is 3.67. The van der Waals surface area contributed by atoms with Gasteiger partial charge >= 0.3 is 0 Å². The Kier molecular flexibility index (Phi) is 2.98. The van der Waals surface area contributed by atoms with Crippen LogP contribution in [0.25, 0.3) is 10.6 Å². The predicted octanol–water partition coefficient (Wildman–Crippen LogP) is 2.67. The average Bonchev–Trinajstić information content (AvgIpc) is 2.71. The molecule has 1 aromatic carbocycles. The Morgan fingerprint density at radius 3 is 2.75 bits per heavy atom. The molecule has 5 heteroatoms. The second-order valence-corrected chi connectivity index (χ2v) is 4.68. The number of nitrogens with zero attached hydrogens (tertiary/aromatic N) is 2. The van der Waals surface area contributed by atoms with E-state index in [9.17, 15) is 4.39 Å². The van der Waals surface area contributed by atoms with E-state index in [2.05, 4.69) is 10.2 Å². The molecule has 84 valence electrons. The number of hydrogen-bond acceptors (Lipinski definition) is 4. The summed E-state index contributed by atoms with van der Waals surface area (Å²) in [6.45, 7) is 3.56. The van der Waals surface area contributed by atoms with Crippen molar-refractivity contribution >= 4 is 11.3 Å². The molecule has 0 aliphatic rings. The summed E-state index contributed by atoms with van der Waals surface area (Å²) in [5.74, 6) is -0.241. The van der Waals surface area contributed by atoms with Gasteiger partial charge < -0.3 is 5.73 Å². The lowest BCUT2D eigenvalue weighted by molar-refractivity contribution is 0.621. The number of nitrogens with two attached hydrogens (primary N) is 1. The van der Waals surface area contributed by atoms with E-state index in [0.29, 0.717) is 16.1 Å². The molecule has 0 fully saturated rings. The maximum atomic E-state index is 13.8. The first-order valence-electron chi connectivity index (χ1n) is 4.94. The molecule has 1 heterocycles. The molecule has 1 atom stereocenters. The van der Waals surface area contributed by atoms with E-state index in [1.165, 1.54) is 11.3 Å². The zero-order chi connectivity index (χ0) is 11.7. The first-order chi connectivity index (χ1) is 7.59. The number of rotatable bonds is 2. The molecule has 0 saturated heterocycles. The summed E-state index contributed by atoms with van der Waals surface area (Å²) in [7, 11) is 0. The summed E-state index contributed by atoms with van der Waals surface area (Å²) >= 11 is 1.33. The van der Waals surface area contributed by atoms with Gasteiger partial charge in [-0.3, -0.25) is 0 Å². The molecule has 0 radical (unpaired) electrons.